The Kier molecular flexibility index (Phi) is 3.79. The summed E-state index contributed by atoms with van der Waals surface area (Å²) in [5.41, 5.74) is 5.06. The molecule has 1 amide bonds. The highest BCUT2D eigenvalue weighted by Crippen LogP contribution is 2.26. The number of hydrogen-bond acceptors (Lipinski definition) is 5. The summed E-state index contributed by atoms with van der Waals surface area (Å²) >= 11 is 0.951. The SMILES string of the molecule is CNc1nc(N)c(C(=O)Nc2cc(F)c(F)cc2F)s1. The molecule has 2 aromatic rings. The number of nitrogens with two attached hydrogens (primary N) is 1. The maximum Gasteiger partial charge on any atom is 0.269 e. The van der Waals surface area contributed by atoms with Crippen molar-refractivity contribution in [3.63, 3.8) is 0 Å². The zero-order valence-corrected chi connectivity index (χ0v) is 10.9. The molecule has 0 spiro atoms. The molecule has 5 nitrogen and oxygen atoms in total. The molecule has 4 N–H and O–H groups in total. The van der Waals surface area contributed by atoms with Crippen LogP contribution < -0.4 is 16.4 Å². The Morgan fingerprint density at radius 1 is 1.25 bits per heavy atom. The Morgan fingerprint density at radius 2 is 1.90 bits per heavy atom. The number of nitrogens with zero attached hydrogens (tertiary/aromatic N) is 1. The number of nitrogens with one attached hydrogen (secondary N) is 2. The van der Waals surface area contributed by atoms with Crippen molar-refractivity contribution in [3.05, 3.63) is 34.5 Å². The van der Waals surface area contributed by atoms with Gasteiger partial charge in [0, 0.05) is 19.2 Å². The Hall–Kier alpha value is -2.29. The normalized spacial score (nSPS) is 10.4. The Balaban J connectivity index is 2.27. The number of nitrogen functional groups attached to an aromatic ring is 1. The third kappa shape index (κ3) is 2.67. The number of carbonyl (C=O) groups is 1. The van der Waals surface area contributed by atoms with E-state index in [0.717, 1.165) is 11.3 Å². The van der Waals surface area contributed by atoms with Gasteiger partial charge in [-0.2, -0.15) is 0 Å². The summed E-state index contributed by atoms with van der Waals surface area (Å²) in [6, 6.07) is 0.902. The lowest BCUT2D eigenvalue weighted by Crippen LogP contribution is -2.13. The molecule has 0 aliphatic heterocycles. The standard InChI is InChI=1S/C11H9F3N4OS/c1-16-11-18-9(15)8(20-11)10(19)17-7-3-5(13)4(12)2-6(7)14/h2-3H,15H2,1H3,(H,16,18)(H,17,19). The molecule has 0 aliphatic rings. The van der Waals surface area contributed by atoms with Crippen molar-refractivity contribution in [2.24, 2.45) is 0 Å². The van der Waals surface area contributed by atoms with Crippen molar-refractivity contribution in [2.45, 2.75) is 0 Å². The van der Waals surface area contributed by atoms with Gasteiger partial charge >= 0.3 is 0 Å². The van der Waals surface area contributed by atoms with Crippen LogP contribution in [0.2, 0.25) is 0 Å². The van der Waals surface area contributed by atoms with E-state index in [4.69, 9.17) is 5.73 Å². The third-order valence-electron chi connectivity index (χ3n) is 2.33. The first-order valence-electron chi connectivity index (χ1n) is 5.32. The number of aromatic nitrogens is 1. The second kappa shape index (κ2) is 5.37. The number of benzene rings is 1. The summed E-state index contributed by atoms with van der Waals surface area (Å²) in [5.74, 6) is -4.49. The van der Waals surface area contributed by atoms with Crippen molar-refractivity contribution >= 4 is 33.9 Å². The fourth-order valence-corrected chi connectivity index (χ4v) is 2.13. The van der Waals surface area contributed by atoms with Crippen molar-refractivity contribution in [2.75, 3.05) is 23.4 Å². The zero-order chi connectivity index (χ0) is 14.9. The summed E-state index contributed by atoms with van der Waals surface area (Å²) in [6.07, 6.45) is 0. The Labute approximate surface area is 115 Å². The summed E-state index contributed by atoms with van der Waals surface area (Å²) in [7, 11) is 1.59. The van der Waals surface area contributed by atoms with E-state index in [1.54, 1.807) is 7.05 Å². The van der Waals surface area contributed by atoms with Crippen LogP contribution in [0.5, 0.6) is 0 Å². The number of rotatable bonds is 3. The van der Waals surface area contributed by atoms with Crippen molar-refractivity contribution in [3.8, 4) is 0 Å². The molecule has 20 heavy (non-hydrogen) atoms. The van der Waals surface area contributed by atoms with Crippen LogP contribution >= 0.6 is 11.3 Å². The van der Waals surface area contributed by atoms with Crippen molar-refractivity contribution < 1.29 is 18.0 Å². The van der Waals surface area contributed by atoms with E-state index in [-0.39, 0.29) is 10.7 Å². The van der Waals surface area contributed by atoms with Crippen LogP contribution in [-0.4, -0.2) is 17.9 Å². The molecule has 0 saturated carbocycles. The van der Waals surface area contributed by atoms with E-state index < -0.39 is 29.0 Å². The summed E-state index contributed by atoms with van der Waals surface area (Å²) in [5, 5.41) is 5.21. The highest BCUT2D eigenvalue weighted by molar-refractivity contribution is 7.18. The van der Waals surface area contributed by atoms with Gasteiger partial charge in [0.2, 0.25) is 0 Å². The van der Waals surface area contributed by atoms with Crippen LogP contribution in [0.1, 0.15) is 9.67 Å². The van der Waals surface area contributed by atoms with Gasteiger partial charge in [0.25, 0.3) is 5.91 Å². The fourth-order valence-electron chi connectivity index (χ4n) is 1.40. The molecule has 0 bridgehead atoms. The van der Waals surface area contributed by atoms with Gasteiger partial charge < -0.3 is 16.4 Å². The average molecular weight is 302 g/mol. The van der Waals surface area contributed by atoms with Crippen LogP contribution in [0.15, 0.2) is 12.1 Å². The molecule has 0 radical (unpaired) electrons. The van der Waals surface area contributed by atoms with E-state index in [1.807, 2.05) is 0 Å². The lowest BCUT2D eigenvalue weighted by molar-refractivity contribution is 0.103. The smallest absolute Gasteiger partial charge is 0.269 e. The molecule has 106 valence electrons. The average Bonchev–Trinajstić information content (AvgIpc) is 2.77. The van der Waals surface area contributed by atoms with Gasteiger partial charge in [-0.25, -0.2) is 18.2 Å². The summed E-state index contributed by atoms with van der Waals surface area (Å²) in [4.78, 5) is 15.8. The summed E-state index contributed by atoms with van der Waals surface area (Å²) < 4.78 is 39.2. The van der Waals surface area contributed by atoms with E-state index >= 15 is 0 Å². The van der Waals surface area contributed by atoms with E-state index in [1.165, 1.54) is 0 Å². The van der Waals surface area contributed by atoms with Gasteiger partial charge in [-0.05, 0) is 0 Å². The highest BCUT2D eigenvalue weighted by Gasteiger charge is 2.18. The molecule has 1 heterocycles. The number of halogens is 3. The van der Waals surface area contributed by atoms with Crippen LogP contribution in [0.3, 0.4) is 0 Å². The van der Waals surface area contributed by atoms with Gasteiger partial charge in [0.15, 0.2) is 16.8 Å². The predicted octanol–water partition coefficient (Wildman–Crippen LogP) is 2.44. The molecule has 0 atom stereocenters. The molecular formula is C11H9F3N4OS. The third-order valence-corrected chi connectivity index (χ3v) is 3.42. The predicted molar refractivity (Wildman–Crippen MR) is 70.3 cm³/mol. The van der Waals surface area contributed by atoms with Gasteiger partial charge in [-0.15, -0.1) is 0 Å². The van der Waals surface area contributed by atoms with Crippen molar-refractivity contribution in [1.29, 1.82) is 0 Å². The molecule has 0 aliphatic carbocycles. The van der Waals surface area contributed by atoms with Gasteiger partial charge in [-0.3, -0.25) is 4.79 Å². The van der Waals surface area contributed by atoms with Crippen LogP contribution in [0.25, 0.3) is 0 Å². The largest absolute Gasteiger partial charge is 0.382 e. The van der Waals surface area contributed by atoms with Crippen molar-refractivity contribution in [1.82, 2.24) is 4.98 Å². The fraction of sp³-hybridized carbons (Fsp3) is 0.0909. The second-order valence-corrected chi connectivity index (χ2v) is 4.68. The van der Waals surface area contributed by atoms with E-state index in [9.17, 15) is 18.0 Å². The van der Waals surface area contributed by atoms with Gasteiger partial charge in [-0.1, -0.05) is 11.3 Å². The maximum atomic E-state index is 13.4. The molecular weight excluding hydrogens is 293 g/mol. The molecule has 0 unspecified atom stereocenters. The number of thiazole rings is 1. The number of amides is 1. The summed E-state index contributed by atoms with van der Waals surface area (Å²) in [6.45, 7) is 0. The quantitative estimate of drug-likeness (QED) is 0.761. The molecule has 1 aromatic heterocycles. The highest BCUT2D eigenvalue weighted by atomic mass is 32.1. The molecule has 0 saturated heterocycles. The molecule has 9 heteroatoms. The first kappa shape index (κ1) is 14.1. The number of hydrogen-bond donors (Lipinski definition) is 3. The lowest BCUT2D eigenvalue weighted by Gasteiger charge is -2.06. The van der Waals surface area contributed by atoms with E-state index in [2.05, 4.69) is 15.6 Å². The Morgan fingerprint density at radius 3 is 2.50 bits per heavy atom. The topological polar surface area (TPSA) is 80.0 Å². The van der Waals surface area contributed by atoms with Crippen LogP contribution in [0, 0.1) is 17.5 Å². The number of carbonyl (C=O) groups excluding carboxylic acids is 1. The molecule has 2 rings (SSSR count). The monoisotopic (exact) mass is 302 g/mol. The van der Waals surface area contributed by atoms with Crippen LogP contribution in [-0.2, 0) is 0 Å². The number of anilines is 3. The first-order chi connectivity index (χ1) is 9.42. The minimum absolute atomic E-state index is 0.0403. The van der Waals surface area contributed by atoms with Crippen LogP contribution in [0.4, 0.5) is 29.8 Å². The van der Waals surface area contributed by atoms with E-state index in [0.29, 0.717) is 17.3 Å². The Bertz CT molecular complexity index is 674. The van der Waals surface area contributed by atoms with Gasteiger partial charge in [0.1, 0.15) is 16.5 Å². The minimum Gasteiger partial charge on any atom is -0.382 e. The van der Waals surface area contributed by atoms with Gasteiger partial charge in [0.05, 0.1) is 5.69 Å². The molecule has 1 aromatic carbocycles. The maximum absolute atomic E-state index is 13.4. The zero-order valence-electron chi connectivity index (χ0n) is 10.1. The minimum atomic E-state index is -1.34. The second-order valence-electron chi connectivity index (χ2n) is 3.68. The lowest BCUT2D eigenvalue weighted by atomic mass is 10.2. The molecule has 0 fully saturated rings. The first-order valence-corrected chi connectivity index (χ1v) is 6.14.